The first-order chi connectivity index (χ1) is 9.63. The van der Waals surface area contributed by atoms with Crippen molar-refractivity contribution in [1.29, 1.82) is 0 Å². The summed E-state index contributed by atoms with van der Waals surface area (Å²) in [5.74, 6) is 1.47. The highest BCUT2D eigenvalue weighted by Gasteiger charge is 2.23. The molecule has 0 saturated carbocycles. The van der Waals surface area contributed by atoms with Gasteiger partial charge in [0.2, 0.25) is 0 Å². The number of fused-ring (bicyclic) bond motifs is 1. The molecule has 1 N–H and O–H groups in total. The van der Waals surface area contributed by atoms with Gasteiger partial charge in [-0.25, -0.2) is 9.07 Å². The van der Waals surface area contributed by atoms with Gasteiger partial charge in [-0.15, -0.1) is 0 Å². The van der Waals surface area contributed by atoms with Crippen molar-refractivity contribution in [3.05, 3.63) is 47.4 Å². The van der Waals surface area contributed by atoms with Crippen LogP contribution in [0.2, 0.25) is 0 Å². The fourth-order valence-electron chi connectivity index (χ4n) is 2.78. The number of halogens is 1. The Morgan fingerprint density at radius 1 is 1.35 bits per heavy atom. The molecule has 1 unspecified atom stereocenters. The summed E-state index contributed by atoms with van der Waals surface area (Å²) in [4.78, 5) is 0. The molecule has 1 atom stereocenters. The molecule has 20 heavy (non-hydrogen) atoms. The van der Waals surface area contributed by atoms with Crippen LogP contribution in [0.15, 0.2) is 30.3 Å². The molecule has 3 rings (SSSR count). The third-order valence-electron chi connectivity index (χ3n) is 3.68. The maximum atomic E-state index is 13.1. The van der Waals surface area contributed by atoms with Gasteiger partial charge in [-0.3, -0.25) is 0 Å². The minimum Gasteiger partial charge on any atom is -0.370 e. The first kappa shape index (κ1) is 13.2. The lowest BCUT2D eigenvalue weighted by molar-refractivity contribution is 0.473. The van der Waals surface area contributed by atoms with E-state index in [0.29, 0.717) is 5.92 Å². The van der Waals surface area contributed by atoms with E-state index in [4.69, 9.17) is 5.10 Å². The average molecular weight is 273 g/mol. The molecular weight excluding hydrogens is 253 g/mol. The van der Waals surface area contributed by atoms with Gasteiger partial charge >= 0.3 is 0 Å². The molecule has 106 valence electrons. The lowest BCUT2D eigenvalue weighted by Crippen LogP contribution is -2.24. The van der Waals surface area contributed by atoms with Crippen LogP contribution in [0.1, 0.15) is 37.6 Å². The Balaban J connectivity index is 1.92. The molecule has 0 fully saturated rings. The van der Waals surface area contributed by atoms with E-state index < -0.39 is 0 Å². The predicted octanol–water partition coefficient (Wildman–Crippen LogP) is 3.63. The van der Waals surface area contributed by atoms with E-state index in [1.165, 1.54) is 12.1 Å². The zero-order valence-corrected chi connectivity index (χ0v) is 11.9. The van der Waals surface area contributed by atoms with E-state index in [1.807, 2.05) is 12.1 Å². The van der Waals surface area contributed by atoms with Crippen LogP contribution in [0.5, 0.6) is 0 Å². The fourth-order valence-corrected chi connectivity index (χ4v) is 2.78. The zero-order chi connectivity index (χ0) is 14.1. The number of anilines is 1. The summed E-state index contributed by atoms with van der Waals surface area (Å²) in [7, 11) is 0. The first-order valence-corrected chi connectivity index (χ1v) is 7.21. The maximum Gasteiger partial charge on any atom is 0.125 e. The summed E-state index contributed by atoms with van der Waals surface area (Å²) in [6.45, 7) is 5.32. The number of nitrogens with one attached hydrogen (secondary N) is 1. The fraction of sp³-hybridized carbons (Fsp3) is 0.438. The molecule has 1 aromatic heterocycles. The van der Waals surface area contributed by atoms with Crippen LogP contribution in [0.4, 0.5) is 10.2 Å². The molecule has 1 aromatic carbocycles. The summed E-state index contributed by atoms with van der Waals surface area (Å²) >= 11 is 0. The van der Waals surface area contributed by atoms with Crippen LogP contribution < -0.4 is 5.32 Å². The van der Waals surface area contributed by atoms with Crippen LogP contribution in [-0.2, 0) is 6.42 Å². The van der Waals surface area contributed by atoms with Gasteiger partial charge in [-0.05, 0) is 36.5 Å². The van der Waals surface area contributed by atoms with E-state index in [-0.39, 0.29) is 11.9 Å². The van der Waals surface area contributed by atoms with E-state index >= 15 is 0 Å². The third-order valence-corrected chi connectivity index (χ3v) is 3.68. The number of aromatic nitrogens is 2. The highest BCUT2D eigenvalue weighted by Crippen LogP contribution is 2.30. The van der Waals surface area contributed by atoms with Crippen molar-refractivity contribution in [2.24, 2.45) is 5.92 Å². The number of rotatable bonds is 3. The van der Waals surface area contributed by atoms with E-state index in [1.54, 1.807) is 0 Å². The van der Waals surface area contributed by atoms with Crippen molar-refractivity contribution < 1.29 is 4.39 Å². The predicted molar refractivity (Wildman–Crippen MR) is 78.4 cm³/mol. The maximum absolute atomic E-state index is 13.1. The Labute approximate surface area is 118 Å². The van der Waals surface area contributed by atoms with Gasteiger partial charge in [-0.2, -0.15) is 5.10 Å². The summed E-state index contributed by atoms with van der Waals surface area (Å²) in [6, 6.07) is 9.10. The van der Waals surface area contributed by atoms with Crippen LogP contribution in [0.25, 0.3) is 0 Å². The Kier molecular flexibility index (Phi) is 3.47. The highest BCUT2D eigenvalue weighted by atomic mass is 19.1. The number of nitrogens with zero attached hydrogens (tertiary/aromatic N) is 2. The number of hydrogen-bond acceptors (Lipinski definition) is 2. The van der Waals surface area contributed by atoms with Crippen molar-refractivity contribution in [3.8, 4) is 0 Å². The van der Waals surface area contributed by atoms with Gasteiger partial charge in [0, 0.05) is 12.6 Å². The number of benzene rings is 1. The van der Waals surface area contributed by atoms with Crippen molar-refractivity contribution in [2.45, 2.75) is 32.7 Å². The van der Waals surface area contributed by atoms with E-state index in [2.05, 4.69) is 29.9 Å². The molecule has 2 aromatic rings. The van der Waals surface area contributed by atoms with Crippen LogP contribution in [0.3, 0.4) is 0 Å². The molecule has 1 aliphatic heterocycles. The zero-order valence-electron chi connectivity index (χ0n) is 11.9. The van der Waals surface area contributed by atoms with Crippen molar-refractivity contribution in [3.63, 3.8) is 0 Å². The smallest absolute Gasteiger partial charge is 0.125 e. The molecule has 2 heterocycles. The Hall–Kier alpha value is -1.84. The van der Waals surface area contributed by atoms with Gasteiger partial charge in [-0.1, -0.05) is 26.0 Å². The molecule has 1 aliphatic rings. The summed E-state index contributed by atoms with van der Waals surface area (Å²) < 4.78 is 15.1. The summed E-state index contributed by atoms with van der Waals surface area (Å²) in [5, 5.41) is 8.13. The van der Waals surface area contributed by atoms with Gasteiger partial charge in [0.05, 0.1) is 11.7 Å². The molecule has 0 amide bonds. The van der Waals surface area contributed by atoms with Crippen LogP contribution >= 0.6 is 0 Å². The van der Waals surface area contributed by atoms with E-state index in [0.717, 1.165) is 36.5 Å². The van der Waals surface area contributed by atoms with Crippen molar-refractivity contribution in [2.75, 3.05) is 11.9 Å². The molecule has 0 radical (unpaired) electrons. The first-order valence-electron chi connectivity index (χ1n) is 7.21. The molecule has 0 saturated heterocycles. The third kappa shape index (κ3) is 2.55. The van der Waals surface area contributed by atoms with Crippen LogP contribution in [-0.4, -0.2) is 16.3 Å². The second kappa shape index (κ2) is 5.27. The average Bonchev–Trinajstić information content (AvgIpc) is 2.80. The molecule has 3 nitrogen and oxygen atoms in total. The Morgan fingerprint density at radius 2 is 2.10 bits per heavy atom. The molecule has 4 heteroatoms. The molecule has 0 bridgehead atoms. The molecule has 0 aliphatic carbocycles. The number of hydrogen-bond donors (Lipinski definition) is 1. The highest BCUT2D eigenvalue weighted by molar-refractivity contribution is 5.41. The second-order valence-electron chi connectivity index (χ2n) is 5.85. The quantitative estimate of drug-likeness (QED) is 0.925. The van der Waals surface area contributed by atoms with Gasteiger partial charge in [0.25, 0.3) is 0 Å². The normalized spacial score (nSPS) is 17.9. The van der Waals surface area contributed by atoms with E-state index in [9.17, 15) is 4.39 Å². The monoisotopic (exact) mass is 273 g/mol. The lowest BCUT2D eigenvalue weighted by atomic mass is 10.0. The summed E-state index contributed by atoms with van der Waals surface area (Å²) in [6.07, 6.45) is 1.96. The molecular formula is C16H20FN3. The Bertz CT molecular complexity index is 586. The van der Waals surface area contributed by atoms with Crippen molar-refractivity contribution in [1.82, 2.24) is 9.78 Å². The second-order valence-corrected chi connectivity index (χ2v) is 5.85. The Morgan fingerprint density at radius 3 is 2.80 bits per heavy atom. The van der Waals surface area contributed by atoms with Crippen molar-refractivity contribution >= 4 is 5.82 Å². The standard InChI is InChI=1S/C16H20FN3/c1-11(2)9-14-10-16-18-8-7-15(20(16)19-14)12-3-5-13(17)6-4-12/h3-6,10-11,15,18H,7-9H2,1-2H3. The minimum absolute atomic E-state index is 0.191. The largest absolute Gasteiger partial charge is 0.370 e. The topological polar surface area (TPSA) is 29.9 Å². The van der Waals surface area contributed by atoms with Gasteiger partial charge in [0.1, 0.15) is 11.6 Å². The van der Waals surface area contributed by atoms with Gasteiger partial charge < -0.3 is 5.32 Å². The van der Waals surface area contributed by atoms with Gasteiger partial charge in [0.15, 0.2) is 0 Å². The van der Waals surface area contributed by atoms with Crippen LogP contribution in [0, 0.1) is 11.7 Å². The SMILES string of the molecule is CC(C)Cc1cc2n(n1)C(c1ccc(F)cc1)CCN2. The lowest BCUT2D eigenvalue weighted by Gasteiger charge is -2.26. The molecule has 0 spiro atoms. The summed E-state index contributed by atoms with van der Waals surface area (Å²) in [5.41, 5.74) is 2.24. The minimum atomic E-state index is -0.191.